The highest BCUT2D eigenvalue weighted by Crippen LogP contribution is 2.13. The van der Waals surface area contributed by atoms with Gasteiger partial charge in [-0.3, -0.25) is 9.59 Å². The molecule has 1 atom stereocenters. The monoisotopic (exact) mass is 939 g/mol. The minimum atomic E-state index is -0.610. The van der Waals surface area contributed by atoms with Crippen molar-refractivity contribution in [1.82, 2.24) is 0 Å². The van der Waals surface area contributed by atoms with Gasteiger partial charge in [0, 0.05) is 13.0 Å². The van der Waals surface area contributed by atoms with Gasteiger partial charge in [-0.2, -0.15) is 0 Å². The van der Waals surface area contributed by atoms with Crippen molar-refractivity contribution >= 4 is 11.9 Å². The third kappa shape index (κ3) is 54.6. The highest BCUT2D eigenvalue weighted by molar-refractivity contribution is 5.71. The summed E-state index contributed by atoms with van der Waals surface area (Å²) in [6.45, 7) is 7.43. The summed E-state index contributed by atoms with van der Waals surface area (Å²) in [4.78, 5) is 25.4. The lowest BCUT2D eigenvalue weighted by atomic mass is 10.1. The zero-order valence-corrected chi connectivity index (χ0v) is 44.1. The van der Waals surface area contributed by atoms with Gasteiger partial charge in [-0.1, -0.05) is 231 Å². The number of carbonyl (C=O) groups excluding carboxylic acids is 2. The Hall–Kier alpha value is -3.96. The highest BCUT2D eigenvalue weighted by atomic mass is 16.6. The molecule has 5 nitrogen and oxygen atoms in total. The molecule has 0 N–H and O–H groups in total. The van der Waals surface area contributed by atoms with Crippen molar-refractivity contribution in [3.05, 3.63) is 134 Å². The summed E-state index contributed by atoms with van der Waals surface area (Å²) in [5, 5.41) is 0. The molecule has 0 aromatic heterocycles. The first kappa shape index (κ1) is 64.0. The maximum Gasteiger partial charge on any atom is 0.310 e. The molecule has 5 heteroatoms. The van der Waals surface area contributed by atoms with Crippen LogP contribution in [0.3, 0.4) is 0 Å². The van der Waals surface area contributed by atoms with Gasteiger partial charge in [0.2, 0.25) is 0 Å². The van der Waals surface area contributed by atoms with E-state index in [1.807, 2.05) is 12.2 Å². The average molecular weight is 940 g/mol. The number of unbranched alkanes of at least 4 members (excludes halogenated alkanes) is 17. The van der Waals surface area contributed by atoms with E-state index in [4.69, 9.17) is 14.2 Å². The number of rotatable bonds is 49. The van der Waals surface area contributed by atoms with Crippen LogP contribution in [0, 0.1) is 0 Å². The number of esters is 2. The van der Waals surface area contributed by atoms with Crippen molar-refractivity contribution < 1.29 is 23.8 Å². The molecule has 0 aliphatic heterocycles. The van der Waals surface area contributed by atoms with Crippen molar-refractivity contribution in [2.75, 3.05) is 19.8 Å². The first-order valence-electron chi connectivity index (χ1n) is 27.7. The predicted molar refractivity (Wildman–Crippen MR) is 297 cm³/mol. The fourth-order valence-electron chi connectivity index (χ4n) is 7.14. The molecule has 0 aromatic carbocycles. The molecule has 0 bridgehead atoms. The van der Waals surface area contributed by atoms with E-state index in [0.29, 0.717) is 13.0 Å². The van der Waals surface area contributed by atoms with Crippen molar-refractivity contribution in [1.29, 1.82) is 0 Å². The molecule has 0 fully saturated rings. The van der Waals surface area contributed by atoms with Crippen molar-refractivity contribution in [2.24, 2.45) is 0 Å². The minimum Gasteiger partial charge on any atom is -0.462 e. The van der Waals surface area contributed by atoms with Crippen LogP contribution in [-0.4, -0.2) is 37.9 Å². The summed E-state index contributed by atoms with van der Waals surface area (Å²) in [5.41, 5.74) is 0. The maximum absolute atomic E-state index is 12.8. The number of hydrogen-bond acceptors (Lipinski definition) is 5. The van der Waals surface area contributed by atoms with Crippen molar-refractivity contribution in [3.63, 3.8) is 0 Å². The first-order valence-corrected chi connectivity index (χ1v) is 27.7. The molecular weight excluding hydrogens is 837 g/mol. The third-order valence-corrected chi connectivity index (χ3v) is 11.2. The summed E-state index contributed by atoms with van der Waals surface area (Å²) in [5.74, 6) is -0.567. The number of carbonyl (C=O) groups is 2. The van der Waals surface area contributed by atoms with Crippen LogP contribution in [0.1, 0.15) is 226 Å². The molecule has 0 radical (unpaired) electrons. The van der Waals surface area contributed by atoms with Crippen LogP contribution in [0.5, 0.6) is 0 Å². The van der Waals surface area contributed by atoms with Crippen molar-refractivity contribution in [3.8, 4) is 0 Å². The lowest BCUT2D eigenvalue weighted by Gasteiger charge is -2.18. The second kappa shape index (κ2) is 57.4. The first-order chi connectivity index (χ1) is 33.6. The molecule has 0 aliphatic carbocycles. The molecular formula is C63H102O5. The molecule has 0 heterocycles. The standard InChI is InChI=1S/C63H102O5/c1-4-7-10-13-16-19-22-25-28-30-31-32-34-37-40-43-46-49-52-55-58-66-59-61(68-63(65)57-54-51-48-45-42-39-35-27-24-21-18-15-12-9-6-3)60-67-62(64)56-53-50-47-44-41-38-36-33-29-26-23-20-17-14-11-8-5-2/h8-9,11-12,16-21,25-29,31-32,35,42,45,51,54,61H,4-7,10,13-15,22-24,30,33-34,36-41,43-44,46-50,52-53,55-60H2,1-3H3/b11-8-,12-9-,19-16-,20-17-,21-18-,28-25-,29-26-,32-31-,35-27-,45-42-,54-51-. The number of allylic oxidation sites excluding steroid dienone is 21. The molecule has 0 spiro atoms. The molecule has 0 saturated heterocycles. The quantitative estimate of drug-likeness (QED) is 0.0345. The van der Waals surface area contributed by atoms with Gasteiger partial charge in [-0.05, 0) is 116 Å². The van der Waals surface area contributed by atoms with E-state index in [1.165, 1.54) is 83.5 Å². The molecule has 0 amide bonds. The smallest absolute Gasteiger partial charge is 0.310 e. The largest absolute Gasteiger partial charge is 0.462 e. The van der Waals surface area contributed by atoms with Gasteiger partial charge < -0.3 is 14.2 Å². The molecule has 0 rings (SSSR count). The highest BCUT2D eigenvalue weighted by Gasteiger charge is 2.17. The maximum atomic E-state index is 12.8. The normalized spacial score (nSPS) is 13.3. The van der Waals surface area contributed by atoms with Gasteiger partial charge in [0.15, 0.2) is 6.10 Å². The SMILES string of the molecule is CC/C=C\C/C=C\C/C=C\C/C=C\C/C=C\CC(=O)OC(COCCCCCCCCC/C=C\C/C=C\C/C=C\CCCCC)COC(=O)CCCCCCCCC/C=C\C/C=C\C/C=C\CC. The van der Waals surface area contributed by atoms with Gasteiger partial charge in [-0.15, -0.1) is 0 Å². The van der Waals surface area contributed by atoms with Crippen LogP contribution in [-0.2, 0) is 23.8 Å². The Morgan fingerprint density at radius 1 is 0.353 bits per heavy atom. The molecule has 1 unspecified atom stereocenters. The van der Waals surface area contributed by atoms with Crippen LogP contribution in [0.25, 0.3) is 0 Å². The predicted octanol–water partition coefficient (Wildman–Crippen LogP) is 19.1. The van der Waals surface area contributed by atoms with E-state index in [-0.39, 0.29) is 31.6 Å². The summed E-state index contributed by atoms with van der Waals surface area (Å²) in [7, 11) is 0. The Morgan fingerprint density at radius 3 is 1.13 bits per heavy atom. The van der Waals surface area contributed by atoms with Crippen LogP contribution in [0.15, 0.2) is 134 Å². The number of hydrogen-bond donors (Lipinski definition) is 0. The summed E-state index contributed by atoms with van der Waals surface area (Å²) < 4.78 is 17.3. The lowest BCUT2D eigenvalue weighted by Crippen LogP contribution is -2.29. The molecule has 0 saturated carbocycles. The summed E-state index contributed by atoms with van der Waals surface area (Å²) in [6.07, 6.45) is 82.1. The van der Waals surface area contributed by atoms with Gasteiger partial charge in [0.25, 0.3) is 0 Å². The fourth-order valence-corrected chi connectivity index (χ4v) is 7.14. The Labute approximate surface area is 419 Å². The van der Waals surface area contributed by atoms with Gasteiger partial charge >= 0.3 is 11.9 Å². The Balaban J connectivity index is 4.43. The third-order valence-electron chi connectivity index (χ3n) is 11.2. The second-order valence-electron chi connectivity index (χ2n) is 17.7. The zero-order chi connectivity index (χ0) is 49.2. The van der Waals surface area contributed by atoms with Crippen molar-refractivity contribution in [2.45, 2.75) is 232 Å². The van der Waals surface area contributed by atoms with E-state index in [2.05, 4.69) is 142 Å². The van der Waals surface area contributed by atoms with E-state index >= 15 is 0 Å². The zero-order valence-electron chi connectivity index (χ0n) is 44.1. The van der Waals surface area contributed by atoms with Gasteiger partial charge in [-0.25, -0.2) is 0 Å². The molecule has 0 aliphatic rings. The molecule has 68 heavy (non-hydrogen) atoms. The fraction of sp³-hybridized carbons (Fsp3) is 0.619. The Kier molecular flexibility index (Phi) is 54.0. The molecule has 384 valence electrons. The topological polar surface area (TPSA) is 61.8 Å². The van der Waals surface area contributed by atoms with Gasteiger partial charge in [0.1, 0.15) is 6.61 Å². The van der Waals surface area contributed by atoms with Gasteiger partial charge in [0.05, 0.1) is 13.0 Å². The van der Waals surface area contributed by atoms with E-state index < -0.39 is 6.10 Å². The summed E-state index contributed by atoms with van der Waals surface area (Å²) >= 11 is 0. The minimum absolute atomic E-state index is 0.0278. The lowest BCUT2D eigenvalue weighted by molar-refractivity contribution is -0.162. The molecule has 0 aromatic rings. The Bertz CT molecular complexity index is 1430. The summed E-state index contributed by atoms with van der Waals surface area (Å²) in [6, 6.07) is 0. The number of ether oxygens (including phenoxy) is 3. The Morgan fingerprint density at radius 2 is 0.706 bits per heavy atom. The van der Waals surface area contributed by atoms with Crippen LogP contribution in [0.2, 0.25) is 0 Å². The van der Waals surface area contributed by atoms with Crippen LogP contribution < -0.4 is 0 Å². The van der Waals surface area contributed by atoms with E-state index in [9.17, 15) is 9.59 Å². The van der Waals surface area contributed by atoms with Crippen LogP contribution >= 0.6 is 0 Å². The van der Waals surface area contributed by atoms with Crippen LogP contribution in [0.4, 0.5) is 0 Å². The second-order valence-corrected chi connectivity index (χ2v) is 17.7. The van der Waals surface area contributed by atoms with E-state index in [0.717, 1.165) is 109 Å². The average Bonchev–Trinajstić information content (AvgIpc) is 3.34. The van der Waals surface area contributed by atoms with E-state index in [1.54, 1.807) is 0 Å².